The lowest BCUT2D eigenvalue weighted by Gasteiger charge is -2.19. The van der Waals surface area contributed by atoms with Crippen LogP contribution in [0.25, 0.3) is 0 Å². The van der Waals surface area contributed by atoms with Crippen LogP contribution in [-0.4, -0.2) is 26.4 Å². The second-order valence-electron chi connectivity index (χ2n) is 6.20. The highest BCUT2D eigenvalue weighted by atomic mass is 16.5. The molecular formula is C20H39O2. The molecule has 131 valence electrons. The van der Waals surface area contributed by atoms with Crippen LogP contribution in [0, 0.1) is 6.42 Å². The molecule has 0 rings (SSSR count). The largest absolute Gasteiger partial charge is 0.379 e. The number of rotatable bonds is 16. The summed E-state index contributed by atoms with van der Waals surface area (Å²) in [6, 6.07) is 0. The summed E-state index contributed by atoms with van der Waals surface area (Å²) in [6.45, 7) is 4.33. The van der Waals surface area contributed by atoms with Gasteiger partial charge in [0.25, 0.3) is 0 Å². The highest BCUT2D eigenvalue weighted by Crippen LogP contribution is 2.11. The van der Waals surface area contributed by atoms with E-state index in [0.29, 0.717) is 0 Å². The molecule has 0 aliphatic carbocycles. The molecule has 22 heavy (non-hydrogen) atoms. The Morgan fingerprint density at radius 2 is 1.41 bits per heavy atom. The molecule has 0 aliphatic rings. The number of allylic oxidation sites excluding steroid dienone is 1. The van der Waals surface area contributed by atoms with Crippen LogP contribution in [0.5, 0.6) is 0 Å². The lowest BCUT2D eigenvalue weighted by Crippen LogP contribution is -2.26. The van der Waals surface area contributed by atoms with Crippen LogP contribution in [-0.2, 0) is 9.47 Å². The molecule has 0 spiro atoms. The highest BCUT2D eigenvalue weighted by molar-refractivity contribution is 4.86. The molecular weight excluding hydrogens is 272 g/mol. The van der Waals surface area contributed by atoms with E-state index in [0.717, 1.165) is 6.42 Å². The fourth-order valence-electron chi connectivity index (χ4n) is 2.57. The Morgan fingerprint density at radius 3 is 2.05 bits per heavy atom. The first-order chi connectivity index (χ1) is 10.8. The fourth-order valence-corrected chi connectivity index (χ4v) is 2.57. The predicted octanol–water partition coefficient (Wildman–Crippen LogP) is 6.11. The molecule has 2 unspecified atom stereocenters. The van der Waals surface area contributed by atoms with Crippen molar-refractivity contribution in [3.8, 4) is 0 Å². The van der Waals surface area contributed by atoms with Gasteiger partial charge < -0.3 is 9.47 Å². The maximum Gasteiger partial charge on any atom is 0.0864 e. The van der Waals surface area contributed by atoms with Crippen LogP contribution in [0.2, 0.25) is 0 Å². The molecule has 0 aromatic carbocycles. The monoisotopic (exact) mass is 311 g/mol. The molecule has 0 N–H and O–H groups in total. The Bertz CT molecular complexity index is 238. The lowest BCUT2D eigenvalue weighted by atomic mass is 10.1. The van der Waals surface area contributed by atoms with Crippen molar-refractivity contribution in [2.24, 2.45) is 0 Å². The molecule has 2 atom stereocenters. The zero-order valence-electron chi connectivity index (χ0n) is 15.5. The van der Waals surface area contributed by atoms with Gasteiger partial charge in [-0.15, -0.1) is 0 Å². The Balaban J connectivity index is 3.33. The number of unbranched alkanes of at least 4 members (excludes halogenated alkanes) is 10. The Kier molecular flexibility index (Phi) is 16.8. The molecule has 0 aromatic heterocycles. The van der Waals surface area contributed by atoms with Gasteiger partial charge in [0.05, 0.1) is 12.2 Å². The van der Waals surface area contributed by atoms with Crippen molar-refractivity contribution in [3.63, 3.8) is 0 Å². The minimum atomic E-state index is 0.154. The first-order valence-electron chi connectivity index (χ1n) is 9.28. The molecule has 0 aliphatic heterocycles. The van der Waals surface area contributed by atoms with Crippen molar-refractivity contribution < 1.29 is 9.47 Å². The van der Waals surface area contributed by atoms with Crippen molar-refractivity contribution in [3.05, 3.63) is 18.6 Å². The molecule has 0 saturated heterocycles. The molecule has 0 bridgehead atoms. The van der Waals surface area contributed by atoms with E-state index in [2.05, 4.69) is 32.4 Å². The summed E-state index contributed by atoms with van der Waals surface area (Å²) in [4.78, 5) is 0. The molecule has 0 fully saturated rings. The van der Waals surface area contributed by atoms with Gasteiger partial charge in [0.1, 0.15) is 0 Å². The summed E-state index contributed by atoms with van der Waals surface area (Å²) in [6.07, 6.45) is 21.6. The summed E-state index contributed by atoms with van der Waals surface area (Å²) in [5.74, 6) is 0. The van der Waals surface area contributed by atoms with Gasteiger partial charge in [-0.2, -0.15) is 0 Å². The van der Waals surface area contributed by atoms with Gasteiger partial charge in [0.15, 0.2) is 0 Å². The van der Waals surface area contributed by atoms with Gasteiger partial charge in [-0.05, 0) is 32.6 Å². The minimum absolute atomic E-state index is 0.154. The summed E-state index contributed by atoms with van der Waals surface area (Å²) >= 11 is 0. The average molecular weight is 312 g/mol. The quantitative estimate of drug-likeness (QED) is 0.253. The first kappa shape index (κ1) is 21.7. The van der Waals surface area contributed by atoms with Gasteiger partial charge in [-0.25, -0.2) is 0 Å². The van der Waals surface area contributed by atoms with Gasteiger partial charge in [0, 0.05) is 14.2 Å². The summed E-state index contributed by atoms with van der Waals surface area (Å²) in [7, 11) is 3.49. The van der Waals surface area contributed by atoms with E-state index in [1.165, 1.54) is 64.2 Å². The molecule has 0 heterocycles. The van der Waals surface area contributed by atoms with Crippen LogP contribution >= 0.6 is 0 Å². The van der Waals surface area contributed by atoms with E-state index >= 15 is 0 Å². The standard InChI is InChI=1S/C20H39O2/c1-5-6-7-8-9-10-11-12-13-14-15-16-17-18-20(22-4)19(2)21-3/h11,16-17,19-20H,5-10,12-15,18H2,1-4H3. The zero-order chi connectivity index (χ0) is 16.5. The van der Waals surface area contributed by atoms with Crippen molar-refractivity contribution in [2.45, 2.75) is 96.7 Å². The molecule has 0 aromatic rings. The number of hydrogen-bond acceptors (Lipinski definition) is 2. The normalized spacial score (nSPS) is 14.5. The smallest absolute Gasteiger partial charge is 0.0864 e. The SMILES string of the molecule is CCCCCCC[CH]CCCCC=CCC(OC)C(C)OC. The Morgan fingerprint density at radius 1 is 0.773 bits per heavy atom. The third-order valence-electron chi connectivity index (χ3n) is 4.27. The first-order valence-corrected chi connectivity index (χ1v) is 9.28. The van der Waals surface area contributed by atoms with E-state index in [4.69, 9.17) is 9.47 Å². The Labute approximate surface area is 139 Å². The van der Waals surface area contributed by atoms with Gasteiger partial charge in [-0.3, -0.25) is 0 Å². The van der Waals surface area contributed by atoms with Gasteiger partial charge >= 0.3 is 0 Å². The van der Waals surface area contributed by atoms with E-state index in [1.807, 2.05) is 0 Å². The number of methoxy groups -OCH3 is 2. The number of ether oxygens (including phenoxy) is 2. The second-order valence-corrected chi connectivity index (χ2v) is 6.20. The average Bonchev–Trinajstić information content (AvgIpc) is 2.54. The maximum atomic E-state index is 5.43. The van der Waals surface area contributed by atoms with Crippen molar-refractivity contribution in [1.82, 2.24) is 0 Å². The number of hydrogen-bond donors (Lipinski definition) is 0. The molecule has 2 nitrogen and oxygen atoms in total. The molecule has 0 saturated carbocycles. The van der Waals surface area contributed by atoms with Gasteiger partial charge in [0.2, 0.25) is 0 Å². The van der Waals surface area contributed by atoms with Crippen LogP contribution in [0.15, 0.2) is 12.2 Å². The fraction of sp³-hybridized carbons (Fsp3) is 0.850. The third kappa shape index (κ3) is 13.3. The predicted molar refractivity (Wildman–Crippen MR) is 97.2 cm³/mol. The topological polar surface area (TPSA) is 18.5 Å². The van der Waals surface area contributed by atoms with Crippen LogP contribution in [0.3, 0.4) is 0 Å². The van der Waals surface area contributed by atoms with Crippen LogP contribution < -0.4 is 0 Å². The van der Waals surface area contributed by atoms with E-state index < -0.39 is 0 Å². The molecule has 1 radical (unpaired) electrons. The lowest BCUT2D eigenvalue weighted by molar-refractivity contribution is -0.0240. The Hall–Kier alpha value is -0.340. The zero-order valence-corrected chi connectivity index (χ0v) is 15.5. The van der Waals surface area contributed by atoms with Crippen molar-refractivity contribution >= 4 is 0 Å². The second kappa shape index (κ2) is 17.0. The summed E-state index contributed by atoms with van der Waals surface area (Å²) in [5.41, 5.74) is 0. The van der Waals surface area contributed by atoms with E-state index in [-0.39, 0.29) is 12.2 Å². The van der Waals surface area contributed by atoms with E-state index in [1.54, 1.807) is 14.2 Å². The van der Waals surface area contributed by atoms with Crippen molar-refractivity contribution in [2.75, 3.05) is 14.2 Å². The van der Waals surface area contributed by atoms with Crippen molar-refractivity contribution in [1.29, 1.82) is 0 Å². The molecule has 0 amide bonds. The molecule has 2 heteroatoms. The van der Waals surface area contributed by atoms with Crippen LogP contribution in [0.4, 0.5) is 0 Å². The van der Waals surface area contributed by atoms with Crippen LogP contribution in [0.1, 0.15) is 84.5 Å². The minimum Gasteiger partial charge on any atom is -0.379 e. The third-order valence-corrected chi connectivity index (χ3v) is 4.27. The summed E-state index contributed by atoms with van der Waals surface area (Å²) in [5, 5.41) is 0. The van der Waals surface area contributed by atoms with E-state index in [9.17, 15) is 0 Å². The summed E-state index contributed by atoms with van der Waals surface area (Å²) < 4.78 is 10.7. The van der Waals surface area contributed by atoms with Gasteiger partial charge in [-0.1, -0.05) is 70.4 Å². The highest BCUT2D eigenvalue weighted by Gasteiger charge is 2.13. The maximum absolute atomic E-state index is 5.43.